The van der Waals surface area contributed by atoms with E-state index in [1.165, 1.54) is 12.1 Å². The van der Waals surface area contributed by atoms with Gasteiger partial charge in [0, 0.05) is 0 Å². The van der Waals surface area contributed by atoms with Crippen LogP contribution in [0.15, 0.2) is 16.9 Å². The summed E-state index contributed by atoms with van der Waals surface area (Å²) in [4.78, 5) is 24.3. The van der Waals surface area contributed by atoms with Crippen LogP contribution in [-0.2, 0) is 11.3 Å². The van der Waals surface area contributed by atoms with Crippen LogP contribution in [-0.4, -0.2) is 15.7 Å². The van der Waals surface area contributed by atoms with Crippen molar-refractivity contribution in [1.29, 1.82) is 5.26 Å². The monoisotopic (exact) mass is 384 g/mol. The second kappa shape index (κ2) is 7.22. The second-order valence-corrected chi connectivity index (χ2v) is 6.18. The number of anilines is 1. The molecule has 0 saturated carbocycles. The average Bonchev–Trinajstić information content (AvgIpc) is 2.51. The summed E-state index contributed by atoms with van der Waals surface area (Å²) in [5, 5.41) is 16.3. The van der Waals surface area contributed by atoms with Crippen molar-refractivity contribution in [2.75, 3.05) is 5.32 Å². The topological polar surface area (TPSA) is 87.8 Å². The summed E-state index contributed by atoms with van der Waals surface area (Å²) in [6.07, 6.45) is 0. The van der Waals surface area contributed by atoms with E-state index >= 15 is 0 Å². The number of aromatic nitrogens is 2. The van der Waals surface area contributed by atoms with Gasteiger partial charge in [0.1, 0.15) is 18.2 Å². The molecule has 1 aromatic heterocycles. The van der Waals surface area contributed by atoms with Gasteiger partial charge >= 0.3 is 0 Å². The third-order valence-corrected chi connectivity index (χ3v) is 4.36. The molecule has 0 radical (unpaired) electrons. The Morgan fingerprint density at radius 2 is 1.88 bits per heavy atom. The number of hydrogen-bond acceptors (Lipinski definition) is 4. The molecule has 0 saturated heterocycles. The van der Waals surface area contributed by atoms with Gasteiger partial charge in [-0.2, -0.15) is 10.4 Å². The van der Waals surface area contributed by atoms with Crippen molar-refractivity contribution in [1.82, 2.24) is 9.78 Å². The van der Waals surface area contributed by atoms with Gasteiger partial charge < -0.3 is 5.32 Å². The molecule has 0 spiro atoms. The summed E-state index contributed by atoms with van der Waals surface area (Å²) in [5.74, 6) is -0.544. The van der Waals surface area contributed by atoms with E-state index in [1.54, 1.807) is 13.8 Å². The number of amides is 1. The highest BCUT2D eigenvalue weighted by Gasteiger charge is 2.15. The van der Waals surface area contributed by atoms with Gasteiger partial charge in [0.25, 0.3) is 5.56 Å². The van der Waals surface area contributed by atoms with Gasteiger partial charge in [-0.1, -0.05) is 34.8 Å². The molecule has 1 amide bonds. The predicted molar refractivity (Wildman–Crippen MR) is 92.8 cm³/mol. The molecule has 0 atom stereocenters. The minimum atomic E-state index is -0.629. The zero-order valence-electron chi connectivity index (χ0n) is 12.7. The Morgan fingerprint density at radius 3 is 2.50 bits per heavy atom. The molecule has 2 rings (SSSR count). The molecule has 6 nitrogen and oxygen atoms in total. The lowest BCUT2D eigenvalue weighted by Gasteiger charge is -2.11. The Kier molecular flexibility index (Phi) is 5.50. The molecular formula is C15H11Cl3N4O2. The number of carbonyl (C=O) groups is 1. The van der Waals surface area contributed by atoms with Crippen LogP contribution in [0.3, 0.4) is 0 Å². The Labute approximate surface area is 152 Å². The van der Waals surface area contributed by atoms with Crippen LogP contribution < -0.4 is 10.9 Å². The van der Waals surface area contributed by atoms with Crippen LogP contribution in [0.5, 0.6) is 0 Å². The molecular weight excluding hydrogens is 375 g/mol. The molecule has 0 aliphatic carbocycles. The normalized spacial score (nSPS) is 10.3. The van der Waals surface area contributed by atoms with Gasteiger partial charge in [0.05, 0.1) is 26.4 Å². The van der Waals surface area contributed by atoms with Crippen molar-refractivity contribution in [3.63, 3.8) is 0 Å². The lowest BCUT2D eigenvalue weighted by Crippen LogP contribution is -2.32. The first-order valence-electron chi connectivity index (χ1n) is 6.67. The molecule has 0 unspecified atom stereocenters. The highest BCUT2D eigenvalue weighted by Crippen LogP contribution is 2.32. The molecule has 0 fully saturated rings. The third kappa shape index (κ3) is 3.70. The first-order chi connectivity index (χ1) is 11.2. The van der Waals surface area contributed by atoms with E-state index in [-0.39, 0.29) is 32.9 Å². The van der Waals surface area contributed by atoms with Crippen LogP contribution in [0, 0.1) is 25.2 Å². The Hall–Kier alpha value is -2.07. The number of halogens is 3. The van der Waals surface area contributed by atoms with E-state index in [0.29, 0.717) is 11.3 Å². The summed E-state index contributed by atoms with van der Waals surface area (Å²) in [5.41, 5.74) is 0.575. The number of hydrogen-bond donors (Lipinski definition) is 1. The Morgan fingerprint density at radius 1 is 1.25 bits per heavy atom. The SMILES string of the molecule is Cc1nn(CC(=O)Nc2cc(Cl)c(Cl)cc2Cl)c(=O)c(C#N)c1C. The first kappa shape index (κ1) is 18.3. The van der Waals surface area contributed by atoms with Gasteiger partial charge in [-0.05, 0) is 31.5 Å². The van der Waals surface area contributed by atoms with Crippen LogP contribution in [0.4, 0.5) is 5.69 Å². The zero-order chi connectivity index (χ0) is 18.0. The van der Waals surface area contributed by atoms with E-state index in [4.69, 9.17) is 40.1 Å². The molecule has 9 heteroatoms. The summed E-state index contributed by atoms with van der Waals surface area (Å²) < 4.78 is 0.932. The van der Waals surface area contributed by atoms with Crippen molar-refractivity contribution in [2.24, 2.45) is 0 Å². The predicted octanol–water partition coefficient (Wildman–Crippen LogP) is 3.33. The third-order valence-electron chi connectivity index (χ3n) is 3.33. The van der Waals surface area contributed by atoms with Gasteiger partial charge in [-0.25, -0.2) is 4.68 Å². The summed E-state index contributed by atoms with van der Waals surface area (Å²) >= 11 is 17.7. The Bertz CT molecular complexity index is 932. The number of nitrogens with one attached hydrogen (secondary N) is 1. The molecule has 24 heavy (non-hydrogen) atoms. The molecule has 1 heterocycles. The van der Waals surface area contributed by atoms with Gasteiger partial charge in [0.15, 0.2) is 0 Å². The van der Waals surface area contributed by atoms with E-state index in [0.717, 1.165) is 4.68 Å². The molecule has 1 N–H and O–H groups in total. The molecule has 124 valence electrons. The molecule has 0 aliphatic rings. The fourth-order valence-electron chi connectivity index (χ4n) is 1.95. The van der Waals surface area contributed by atoms with Gasteiger partial charge in [-0.3, -0.25) is 9.59 Å². The summed E-state index contributed by atoms with van der Waals surface area (Å²) in [6, 6.07) is 4.63. The standard InChI is InChI=1S/C15H11Cl3N4O2/c1-7-8(2)21-22(15(24)9(7)5-19)6-14(23)20-13-4-11(17)10(16)3-12(13)18/h3-4H,6H2,1-2H3,(H,20,23). The lowest BCUT2D eigenvalue weighted by atomic mass is 10.1. The van der Waals surface area contributed by atoms with Crippen LogP contribution in [0.25, 0.3) is 0 Å². The fourth-order valence-corrected chi connectivity index (χ4v) is 2.55. The number of carbonyl (C=O) groups excluding carboxylic acids is 1. The van der Waals surface area contributed by atoms with Crippen molar-refractivity contribution in [3.8, 4) is 6.07 Å². The van der Waals surface area contributed by atoms with Crippen LogP contribution >= 0.6 is 34.8 Å². The smallest absolute Gasteiger partial charge is 0.285 e. The van der Waals surface area contributed by atoms with Crippen molar-refractivity contribution in [2.45, 2.75) is 20.4 Å². The average molecular weight is 386 g/mol. The van der Waals surface area contributed by atoms with Crippen molar-refractivity contribution < 1.29 is 4.79 Å². The number of benzene rings is 1. The summed E-state index contributed by atoms with van der Waals surface area (Å²) in [7, 11) is 0. The van der Waals surface area contributed by atoms with E-state index in [9.17, 15) is 9.59 Å². The molecule has 0 bridgehead atoms. The number of nitriles is 1. The molecule has 0 aliphatic heterocycles. The zero-order valence-corrected chi connectivity index (χ0v) is 14.9. The molecule has 1 aromatic carbocycles. The van der Waals surface area contributed by atoms with Gasteiger partial charge in [0.2, 0.25) is 5.91 Å². The lowest BCUT2D eigenvalue weighted by molar-refractivity contribution is -0.117. The maximum atomic E-state index is 12.2. The minimum absolute atomic E-state index is 0.0390. The molecule has 2 aromatic rings. The van der Waals surface area contributed by atoms with Crippen LogP contribution in [0.1, 0.15) is 16.8 Å². The number of rotatable bonds is 3. The van der Waals surface area contributed by atoms with E-state index in [1.807, 2.05) is 6.07 Å². The van der Waals surface area contributed by atoms with E-state index in [2.05, 4.69) is 10.4 Å². The first-order valence-corrected chi connectivity index (χ1v) is 7.80. The van der Waals surface area contributed by atoms with E-state index < -0.39 is 11.5 Å². The Balaban J connectivity index is 2.29. The maximum absolute atomic E-state index is 12.2. The second-order valence-electron chi connectivity index (χ2n) is 4.95. The number of nitrogens with zero attached hydrogens (tertiary/aromatic N) is 3. The maximum Gasteiger partial charge on any atom is 0.285 e. The minimum Gasteiger partial charge on any atom is -0.323 e. The fraction of sp³-hybridized carbons (Fsp3) is 0.200. The van der Waals surface area contributed by atoms with Gasteiger partial charge in [-0.15, -0.1) is 0 Å². The highest BCUT2D eigenvalue weighted by molar-refractivity contribution is 6.44. The van der Waals surface area contributed by atoms with Crippen molar-refractivity contribution >= 4 is 46.4 Å². The van der Waals surface area contributed by atoms with Crippen LogP contribution in [0.2, 0.25) is 15.1 Å². The highest BCUT2D eigenvalue weighted by atomic mass is 35.5. The largest absolute Gasteiger partial charge is 0.323 e. The van der Waals surface area contributed by atoms with Crippen molar-refractivity contribution in [3.05, 3.63) is 54.4 Å². The number of aryl methyl sites for hydroxylation is 1. The summed E-state index contributed by atoms with van der Waals surface area (Å²) in [6.45, 7) is 2.91. The quantitative estimate of drug-likeness (QED) is 0.821.